The predicted octanol–water partition coefficient (Wildman–Crippen LogP) is 1.68. The number of nitrogens with one attached hydrogen (secondary N) is 2. The van der Waals surface area contributed by atoms with Crippen LogP contribution in [-0.2, 0) is 11.3 Å². The minimum Gasteiger partial charge on any atom is -0.352 e. The van der Waals surface area contributed by atoms with Crippen molar-refractivity contribution in [3.05, 3.63) is 22.6 Å². The zero-order valence-corrected chi connectivity index (χ0v) is 10.9. The van der Waals surface area contributed by atoms with E-state index in [9.17, 15) is 4.79 Å². The molecule has 6 heteroatoms. The molecule has 1 fully saturated rings. The number of hydrogen-bond donors (Lipinski definition) is 2. The molecular weight excluding hydrogens is 248 g/mol. The Morgan fingerprint density at radius 1 is 1.56 bits per heavy atom. The van der Waals surface area contributed by atoms with Gasteiger partial charge in [0.05, 0.1) is 5.52 Å². The van der Waals surface area contributed by atoms with Crippen LogP contribution in [0.25, 0.3) is 11.2 Å². The van der Waals surface area contributed by atoms with Crippen molar-refractivity contribution in [2.45, 2.75) is 32.4 Å². The molecular formula is C12H14N4OS. The number of imidazole rings is 1. The topological polar surface area (TPSA) is 62.7 Å². The van der Waals surface area contributed by atoms with Gasteiger partial charge in [0.15, 0.2) is 10.4 Å². The standard InChI is InChI=1S/C12H14N4OS/c1-7-2-4-9-11(13-7)16(12(18)15-9)6-8-3-5-10(17)14-8/h2,4,8H,3,5-6H2,1H3,(H,14,17)(H,15,18). The second-order valence-corrected chi connectivity index (χ2v) is 5.05. The monoisotopic (exact) mass is 262 g/mol. The zero-order valence-electron chi connectivity index (χ0n) is 10.1. The summed E-state index contributed by atoms with van der Waals surface area (Å²) in [7, 11) is 0. The number of hydrogen-bond acceptors (Lipinski definition) is 3. The van der Waals surface area contributed by atoms with Gasteiger partial charge in [-0.05, 0) is 37.7 Å². The molecule has 3 rings (SSSR count). The number of aromatic nitrogens is 3. The lowest BCUT2D eigenvalue weighted by Crippen LogP contribution is -2.29. The number of nitrogens with zero attached hydrogens (tertiary/aromatic N) is 2. The number of carbonyl (C=O) groups excluding carboxylic acids is 1. The normalized spacial score (nSPS) is 19.4. The number of amides is 1. The lowest BCUT2D eigenvalue weighted by atomic mass is 10.2. The molecule has 1 aliphatic rings. The van der Waals surface area contributed by atoms with Crippen molar-refractivity contribution in [2.75, 3.05) is 0 Å². The second kappa shape index (κ2) is 4.20. The lowest BCUT2D eigenvalue weighted by Gasteiger charge is -2.11. The number of carbonyl (C=O) groups is 1. The summed E-state index contributed by atoms with van der Waals surface area (Å²) < 4.78 is 2.62. The van der Waals surface area contributed by atoms with E-state index in [-0.39, 0.29) is 11.9 Å². The SMILES string of the molecule is Cc1ccc2[nH]c(=S)n(CC3CCC(=O)N3)c2n1. The van der Waals surface area contributed by atoms with Crippen molar-refractivity contribution in [1.82, 2.24) is 19.9 Å². The zero-order chi connectivity index (χ0) is 12.7. The quantitative estimate of drug-likeness (QED) is 0.809. The molecule has 1 atom stereocenters. The third-order valence-corrected chi connectivity index (χ3v) is 3.57. The van der Waals surface area contributed by atoms with E-state index in [1.54, 1.807) is 0 Å². The fourth-order valence-corrected chi connectivity index (χ4v) is 2.60. The Balaban J connectivity index is 2.00. The van der Waals surface area contributed by atoms with Gasteiger partial charge < -0.3 is 10.3 Å². The van der Waals surface area contributed by atoms with Gasteiger partial charge >= 0.3 is 0 Å². The van der Waals surface area contributed by atoms with Gasteiger partial charge in [-0.25, -0.2) is 4.98 Å². The Morgan fingerprint density at radius 2 is 2.39 bits per heavy atom. The molecule has 0 spiro atoms. The number of H-pyrrole nitrogens is 1. The van der Waals surface area contributed by atoms with Crippen molar-refractivity contribution in [2.24, 2.45) is 0 Å². The molecule has 2 aromatic rings. The second-order valence-electron chi connectivity index (χ2n) is 4.67. The van der Waals surface area contributed by atoms with Gasteiger partial charge in [-0.1, -0.05) is 0 Å². The first-order valence-corrected chi connectivity index (χ1v) is 6.40. The van der Waals surface area contributed by atoms with Crippen LogP contribution in [0.2, 0.25) is 0 Å². The summed E-state index contributed by atoms with van der Waals surface area (Å²) in [5.41, 5.74) is 2.76. The van der Waals surface area contributed by atoms with Crippen LogP contribution in [0, 0.1) is 11.7 Å². The molecule has 2 N–H and O–H groups in total. The van der Waals surface area contributed by atoms with Crippen molar-refractivity contribution >= 4 is 29.3 Å². The summed E-state index contributed by atoms with van der Waals surface area (Å²) >= 11 is 5.31. The highest BCUT2D eigenvalue weighted by Crippen LogP contribution is 2.16. The Labute approximate surface area is 109 Å². The third kappa shape index (κ3) is 1.92. The summed E-state index contributed by atoms with van der Waals surface area (Å²) in [5, 5.41) is 2.95. The van der Waals surface area contributed by atoms with Crippen molar-refractivity contribution in [1.29, 1.82) is 0 Å². The van der Waals surface area contributed by atoms with Gasteiger partial charge in [-0.15, -0.1) is 0 Å². The fraction of sp³-hybridized carbons (Fsp3) is 0.417. The summed E-state index contributed by atoms with van der Waals surface area (Å²) in [5.74, 6) is 0.121. The van der Waals surface area contributed by atoms with Crippen LogP contribution in [0.1, 0.15) is 18.5 Å². The Bertz CT molecular complexity index is 672. The largest absolute Gasteiger partial charge is 0.352 e. The maximum atomic E-state index is 11.2. The van der Waals surface area contributed by atoms with Crippen LogP contribution in [0.3, 0.4) is 0 Å². The average molecular weight is 262 g/mol. The van der Waals surface area contributed by atoms with E-state index in [1.807, 2.05) is 23.6 Å². The van der Waals surface area contributed by atoms with Crippen molar-refractivity contribution in [3.8, 4) is 0 Å². The van der Waals surface area contributed by atoms with Gasteiger partial charge in [0, 0.05) is 24.7 Å². The molecule has 1 amide bonds. The lowest BCUT2D eigenvalue weighted by molar-refractivity contribution is -0.119. The minimum atomic E-state index is 0.121. The summed E-state index contributed by atoms with van der Waals surface area (Å²) in [6.45, 7) is 2.64. The van der Waals surface area contributed by atoms with Gasteiger partial charge in [-0.3, -0.25) is 9.36 Å². The highest BCUT2D eigenvalue weighted by molar-refractivity contribution is 7.71. The van der Waals surface area contributed by atoms with E-state index >= 15 is 0 Å². The van der Waals surface area contributed by atoms with Gasteiger partial charge in [0.2, 0.25) is 5.91 Å². The molecule has 0 aromatic carbocycles. The van der Waals surface area contributed by atoms with E-state index in [0.717, 1.165) is 23.3 Å². The Hall–Kier alpha value is -1.69. The van der Waals surface area contributed by atoms with Crippen LogP contribution in [0.15, 0.2) is 12.1 Å². The smallest absolute Gasteiger partial charge is 0.220 e. The van der Waals surface area contributed by atoms with Crippen LogP contribution in [-0.4, -0.2) is 26.5 Å². The minimum absolute atomic E-state index is 0.121. The van der Waals surface area contributed by atoms with Crippen LogP contribution in [0.4, 0.5) is 0 Å². The van der Waals surface area contributed by atoms with Gasteiger partial charge in [-0.2, -0.15) is 0 Å². The highest BCUT2D eigenvalue weighted by Gasteiger charge is 2.22. The molecule has 1 aliphatic heterocycles. The molecule has 3 heterocycles. The highest BCUT2D eigenvalue weighted by atomic mass is 32.1. The molecule has 0 aliphatic carbocycles. The summed E-state index contributed by atoms with van der Waals surface area (Å²) in [6.07, 6.45) is 1.46. The first kappa shape index (κ1) is 11.4. The van der Waals surface area contributed by atoms with Crippen LogP contribution < -0.4 is 5.32 Å². The third-order valence-electron chi connectivity index (χ3n) is 3.24. The molecule has 0 bridgehead atoms. The first-order valence-electron chi connectivity index (χ1n) is 5.99. The van der Waals surface area contributed by atoms with Crippen LogP contribution >= 0.6 is 12.2 Å². The predicted molar refractivity (Wildman–Crippen MR) is 70.8 cm³/mol. The molecule has 94 valence electrons. The molecule has 2 aromatic heterocycles. The molecule has 0 saturated carbocycles. The summed E-state index contributed by atoms with van der Waals surface area (Å²) in [6, 6.07) is 4.09. The molecule has 18 heavy (non-hydrogen) atoms. The molecule has 0 radical (unpaired) electrons. The fourth-order valence-electron chi connectivity index (χ4n) is 2.33. The van der Waals surface area contributed by atoms with E-state index < -0.39 is 0 Å². The van der Waals surface area contributed by atoms with E-state index in [2.05, 4.69) is 15.3 Å². The number of rotatable bonds is 2. The van der Waals surface area contributed by atoms with E-state index in [4.69, 9.17) is 12.2 Å². The molecule has 1 unspecified atom stereocenters. The van der Waals surface area contributed by atoms with Gasteiger partial charge in [0.25, 0.3) is 0 Å². The maximum absolute atomic E-state index is 11.2. The number of fused-ring (bicyclic) bond motifs is 1. The number of pyridine rings is 1. The van der Waals surface area contributed by atoms with Crippen LogP contribution in [0.5, 0.6) is 0 Å². The van der Waals surface area contributed by atoms with Crippen molar-refractivity contribution in [3.63, 3.8) is 0 Å². The van der Waals surface area contributed by atoms with E-state index in [1.165, 1.54) is 0 Å². The molecule has 5 nitrogen and oxygen atoms in total. The van der Waals surface area contributed by atoms with Gasteiger partial charge in [0.1, 0.15) is 0 Å². The summed E-state index contributed by atoms with van der Waals surface area (Å²) in [4.78, 5) is 18.9. The Morgan fingerprint density at radius 3 is 3.11 bits per heavy atom. The number of aryl methyl sites for hydroxylation is 1. The average Bonchev–Trinajstić information content (AvgIpc) is 2.86. The Kier molecular flexibility index (Phi) is 2.66. The maximum Gasteiger partial charge on any atom is 0.220 e. The van der Waals surface area contributed by atoms with Crippen molar-refractivity contribution < 1.29 is 4.79 Å². The first-order chi connectivity index (χ1) is 8.63. The number of aromatic amines is 1. The van der Waals surface area contributed by atoms with E-state index in [0.29, 0.717) is 17.7 Å². The molecule has 1 saturated heterocycles.